The molecule has 0 saturated carbocycles. The second-order valence-electron chi connectivity index (χ2n) is 7.48. The summed E-state index contributed by atoms with van der Waals surface area (Å²) in [5.74, 6) is -1.43. The second kappa shape index (κ2) is 10.5. The maximum atomic E-state index is 15.1. The summed E-state index contributed by atoms with van der Waals surface area (Å²) in [7, 11) is 1.30. The number of esters is 1. The maximum absolute atomic E-state index is 15.1. The zero-order chi connectivity index (χ0) is 24.4. The summed E-state index contributed by atoms with van der Waals surface area (Å²) in [6.07, 6.45) is 1.88. The van der Waals surface area contributed by atoms with Crippen LogP contribution in [-0.4, -0.2) is 36.1 Å². The molecule has 0 N–H and O–H groups in total. The van der Waals surface area contributed by atoms with Crippen LogP contribution in [0.3, 0.4) is 0 Å². The van der Waals surface area contributed by atoms with E-state index in [9.17, 15) is 4.79 Å². The van der Waals surface area contributed by atoms with E-state index < -0.39 is 11.8 Å². The Kier molecular flexibility index (Phi) is 7.67. The molecule has 0 unspecified atom stereocenters. The highest BCUT2D eigenvalue weighted by Crippen LogP contribution is 2.37. The van der Waals surface area contributed by atoms with Crippen molar-refractivity contribution in [2.75, 3.05) is 25.1 Å². The fraction of sp³-hybridized carbons (Fsp3) is 0.261. The fourth-order valence-corrected chi connectivity index (χ4v) is 4.54. The lowest BCUT2D eigenvalue weighted by Crippen LogP contribution is -2.22. The minimum absolute atomic E-state index is 0.00755. The van der Waals surface area contributed by atoms with E-state index in [1.54, 1.807) is 18.2 Å². The Morgan fingerprint density at radius 3 is 2.47 bits per heavy atom. The zero-order valence-electron chi connectivity index (χ0n) is 17.9. The molecule has 0 aliphatic carbocycles. The summed E-state index contributed by atoms with van der Waals surface area (Å²) >= 11 is 24.7. The number of aromatic nitrogens is 2. The first-order valence-corrected chi connectivity index (χ1v) is 11.8. The number of carbonyl (C=O) groups is 1. The van der Waals surface area contributed by atoms with E-state index in [0.29, 0.717) is 34.5 Å². The lowest BCUT2D eigenvalue weighted by Gasteiger charge is -2.20. The Balaban J connectivity index is 1.74. The van der Waals surface area contributed by atoms with Gasteiger partial charge in [0.25, 0.3) is 0 Å². The van der Waals surface area contributed by atoms with Gasteiger partial charge in [0.1, 0.15) is 11.6 Å². The van der Waals surface area contributed by atoms with Gasteiger partial charge in [0.15, 0.2) is 28.9 Å². The molecule has 0 spiro atoms. The number of hydrogen-bond donors (Lipinski definition) is 0. The average molecular weight is 545 g/mol. The van der Waals surface area contributed by atoms with Gasteiger partial charge in [-0.25, -0.2) is 19.2 Å². The second-order valence-corrected chi connectivity index (χ2v) is 9.11. The first-order chi connectivity index (χ1) is 16.3. The Morgan fingerprint density at radius 2 is 1.79 bits per heavy atom. The van der Waals surface area contributed by atoms with Gasteiger partial charge in [-0.05, 0) is 37.1 Å². The lowest BCUT2D eigenvalue weighted by atomic mass is 10.1. The van der Waals surface area contributed by atoms with Crippen LogP contribution in [0.4, 0.5) is 10.2 Å². The molecule has 1 aliphatic heterocycles. The van der Waals surface area contributed by atoms with Crippen LogP contribution in [0.5, 0.6) is 5.75 Å². The van der Waals surface area contributed by atoms with Gasteiger partial charge >= 0.3 is 5.97 Å². The van der Waals surface area contributed by atoms with E-state index in [1.807, 2.05) is 4.90 Å². The van der Waals surface area contributed by atoms with Crippen molar-refractivity contribution in [2.24, 2.45) is 0 Å². The minimum atomic E-state index is -0.804. The Labute approximate surface area is 215 Å². The van der Waals surface area contributed by atoms with Crippen LogP contribution in [0, 0.1) is 5.82 Å². The van der Waals surface area contributed by atoms with Gasteiger partial charge in [-0.1, -0.05) is 52.5 Å². The highest BCUT2D eigenvalue weighted by molar-refractivity contribution is 6.36. The molecule has 0 atom stereocenters. The highest BCUT2D eigenvalue weighted by Gasteiger charge is 2.27. The molecule has 6 nitrogen and oxygen atoms in total. The number of rotatable bonds is 6. The molecule has 0 amide bonds. The van der Waals surface area contributed by atoms with Crippen molar-refractivity contribution >= 4 is 58.2 Å². The van der Waals surface area contributed by atoms with Gasteiger partial charge < -0.3 is 14.4 Å². The third-order valence-corrected chi connectivity index (χ3v) is 6.53. The molecule has 1 aliphatic rings. The SMILES string of the molecule is COc1c(Cl)ccc(-c2nc(C(=O)OCc3ccc(Cl)cc3Cl)c(Cl)c(N3CCCC3)n2)c1F. The Morgan fingerprint density at radius 1 is 1.06 bits per heavy atom. The zero-order valence-corrected chi connectivity index (χ0v) is 20.9. The standard InChI is InChI=1S/C23H18Cl4FN3O3/c1-33-20-15(25)7-6-14(18(20)28)21-29-19(17(27)22(30-21)31-8-2-3-9-31)23(32)34-11-12-4-5-13(24)10-16(12)26/h4-7,10H,2-3,8-9,11H2,1H3. The van der Waals surface area contributed by atoms with Crippen molar-refractivity contribution in [3.8, 4) is 17.1 Å². The summed E-state index contributed by atoms with van der Waals surface area (Å²) in [5, 5.41) is 0.929. The monoisotopic (exact) mass is 543 g/mol. The van der Waals surface area contributed by atoms with Crippen molar-refractivity contribution < 1.29 is 18.7 Å². The van der Waals surface area contributed by atoms with Crippen LogP contribution < -0.4 is 9.64 Å². The Bertz CT molecular complexity index is 1250. The maximum Gasteiger partial charge on any atom is 0.359 e. The molecule has 1 saturated heterocycles. The molecule has 178 valence electrons. The number of anilines is 1. The molecule has 3 aromatic rings. The molecule has 1 fully saturated rings. The summed E-state index contributed by atoms with van der Waals surface area (Å²) in [6.45, 7) is 1.25. The van der Waals surface area contributed by atoms with Gasteiger partial charge in [-0.15, -0.1) is 0 Å². The normalized spacial score (nSPS) is 13.3. The van der Waals surface area contributed by atoms with Gasteiger partial charge in [0, 0.05) is 28.7 Å². The van der Waals surface area contributed by atoms with Crippen LogP contribution in [0.2, 0.25) is 20.1 Å². The average Bonchev–Trinajstić information content (AvgIpc) is 3.34. The van der Waals surface area contributed by atoms with Crippen molar-refractivity contribution in [1.29, 1.82) is 0 Å². The fourth-order valence-electron chi connectivity index (χ4n) is 3.57. The van der Waals surface area contributed by atoms with E-state index in [1.165, 1.54) is 19.2 Å². The Hall–Kier alpha value is -2.32. The summed E-state index contributed by atoms with van der Waals surface area (Å²) in [4.78, 5) is 23.7. The van der Waals surface area contributed by atoms with Crippen LogP contribution in [0.25, 0.3) is 11.4 Å². The molecule has 34 heavy (non-hydrogen) atoms. The third-order valence-electron chi connectivity index (χ3n) is 5.30. The summed E-state index contributed by atoms with van der Waals surface area (Å²) in [6, 6.07) is 7.71. The van der Waals surface area contributed by atoms with Crippen LogP contribution in [0.15, 0.2) is 30.3 Å². The number of nitrogens with zero attached hydrogens (tertiary/aromatic N) is 3. The van der Waals surface area contributed by atoms with Gasteiger partial charge in [0.05, 0.1) is 17.7 Å². The van der Waals surface area contributed by atoms with Crippen LogP contribution in [-0.2, 0) is 11.3 Å². The van der Waals surface area contributed by atoms with E-state index >= 15 is 4.39 Å². The molecule has 11 heteroatoms. The first kappa shape index (κ1) is 24.8. The van der Waals surface area contributed by atoms with Gasteiger partial charge in [-0.3, -0.25) is 0 Å². The smallest absolute Gasteiger partial charge is 0.359 e. The predicted octanol–water partition coefficient (Wildman–Crippen LogP) is 6.86. The van der Waals surface area contributed by atoms with Gasteiger partial charge in [0.2, 0.25) is 0 Å². The molecular formula is C23H18Cl4FN3O3. The largest absolute Gasteiger partial charge is 0.492 e. The molecule has 4 rings (SSSR count). The highest BCUT2D eigenvalue weighted by atomic mass is 35.5. The van der Waals surface area contributed by atoms with E-state index in [-0.39, 0.29) is 39.5 Å². The minimum Gasteiger partial charge on any atom is -0.492 e. The first-order valence-electron chi connectivity index (χ1n) is 10.3. The van der Waals surface area contributed by atoms with E-state index in [2.05, 4.69) is 9.97 Å². The molecular weight excluding hydrogens is 527 g/mol. The van der Waals surface area contributed by atoms with Crippen molar-refractivity contribution in [3.05, 3.63) is 67.5 Å². The number of ether oxygens (including phenoxy) is 2. The number of halogens is 5. The van der Waals surface area contributed by atoms with E-state index in [0.717, 1.165) is 12.8 Å². The number of methoxy groups -OCH3 is 1. The van der Waals surface area contributed by atoms with Crippen molar-refractivity contribution in [1.82, 2.24) is 9.97 Å². The molecule has 0 bridgehead atoms. The molecule has 2 heterocycles. The topological polar surface area (TPSA) is 64.6 Å². The predicted molar refractivity (Wildman–Crippen MR) is 131 cm³/mol. The third kappa shape index (κ3) is 5.03. The quantitative estimate of drug-likeness (QED) is 0.316. The molecule has 2 aromatic carbocycles. The van der Waals surface area contributed by atoms with E-state index in [4.69, 9.17) is 55.9 Å². The summed E-state index contributed by atoms with van der Waals surface area (Å²) in [5.41, 5.74) is 0.373. The summed E-state index contributed by atoms with van der Waals surface area (Å²) < 4.78 is 25.6. The van der Waals surface area contributed by atoms with Crippen molar-refractivity contribution in [3.63, 3.8) is 0 Å². The molecule has 1 aromatic heterocycles. The number of carbonyl (C=O) groups excluding carboxylic acids is 1. The van der Waals surface area contributed by atoms with Crippen LogP contribution in [0.1, 0.15) is 28.9 Å². The number of benzene rings is 2. The number of hydrogen-bond acceptors (Lipinski definition) is 6. The molecule has 0 radical (unpaired) electrons. The van der Waals surface area contributed by atoms with Crippen molar-refractivity contribution in [2.45, 2.75) is 19.4 Å². The van der Waals surface area contributed by atoms with Gasteiger partial charge in [-0.2, -0.15) is 0 Å². The van der Waals surface area contributed by atoms with Crippen LogP contribution >= 0.6 is 46.4 Å². The lowest BCUT2D eigenvalue weighted by molar-refractivity contribution is 0.0466.